The quantitative estimate of drug-likeness (QED) is 0.196. The van der Waals surface area contributed by atoms with Gasteiger partial charge in [-0.1, -0.05) is 74.3 Å². The van der Waals surface area contributed by atoms with Gasteiger partial charge in [-0.05, 0) is 65.6 Å². The van der Waals surface area contributed by atoms with E-state index in [1.807, 2.05) is 60.7 Å². The second kappa shape index (κ2) is 9.34. The normalized spacial score (nSPS) is 11.1. The predicted octanol–water partition coefficient (Wildman–Crippen LogP) is 8.57. The number of carbonyl (C=O) groups is 1. The first-order chi connectivity index (χ1) is 16.0. The summed E-state index contributed by atoms with van der Waals surface area (Å²) in [5, 5.41) is 3.14. The molecule has 0 bridgehead atoms. The molecule has 0 spiro atoms. The lowest BCUT2D eigenvalue weighted by Gasteiger charge is -2.04. The van der Waals surface area contributed by atoms with Gasteiger partial charge in [0.1, 0.15) is 0 Å². The second-order valence-corrected chi connectivity index (χ2v) is 10.6. The third-order valence-electron chi connectivity index (χ3n) is 5.81. The van der Waals surface area contributed by atoms with Gasteiger partial charge in [0.05, 0.1) is 10.7 Å². The van der Waals surface area contributed by atoms with Crippen molar-refractivity contribution < 1.29 is 4.79 Å². The van der Waals surface area contributed by atoms with Crippen LogP contribution in [-0.2, 0) is 6.42 Å². The highest BCUT2D eigenvalue weighted by molar-refractivity contribution is 9.10. The van der Waals surface area contributed by atoms with Crippen LogP contribution in [0.2, 0.25) is 0 Å². The van der Waals surface area contributed by atoms with Gasteiger partial charge in [0.25, 0.3) is 0 Å². The number of nitrogens with zero attached hydrogens (tertiary/aromatic N) is 1. The molecule has 2 aliphatic rings. The van der Waals surface area contributed by atoms with Crippen molar-refractivity contribution in [2.75, 3.05) is 0 Å². The number of thiazole rings is 1. The van der Waals surface area contributed by atoms with Gasteiger partial charge in [-0.15, -0.1) is 11.3 Å². The highest BCUT2D eigenvalue weighted by atomic mass is 79.9. The summed E-state index contributed by atoms with van der Waals surface area (Å²) in [6.45, 7) is 2.06. The third-order valence-corrected chi connectivity index (χ3v) is 7.72. The summed E-state index contributed by atoms with van der Waals surface area (Å²) in [4.78, 5) is 18.4. The lowest BCUT2D eigenvalue weighted by Crippen LogP contribution is -2.03. The Morgan fingerprint density at radius 3 is 2.18 bits per heavy atom. The van der Waals surface area contributed by atoms with E-state index in [0.29, 0.717) is 12.0 Å². The van der Waals surface area contributed by atoms with E-state index in [0.717, 1.165) is 47.5 Å². The number of aromatic nitrogens is 1. The zero-order valence-corrected chi connectivity index (χ0v) is 21.8. The van der Waals surface area contributed by atoms with Gasteiger partial charge in [0, 0.05) is 37.4 Å². The van der Waals surface area contributed by atoms with Gasteiger partial charge in [-0.2, -0.15) is 0 Å². The molecule has 3 aromatic rings. The van der Waals surface area contributed by atoms with Crippen LogP contribution in [0.4, 0.5) is 0 Å². The molecule has 0 saturated carbocycles. The molecule has 0 fully saturated rings. The van der Waals surface area contributed by atoms with E-state index in [-0.39, 0.29) is 5.78 Å². The lowest BCUT2D eigenvalue weighted by molar-refractivity contribution is 0.103. The van der Waals surface area contributed by atoms with E-state index in [1.54, 1.807) is 11.3 Å². The number of fused-ring (bicyclic) bond motifs is 1. The van der Waals surface area contributed by atoms with E-state index in [2.05, 4.69) is 62.4 Å². The van der Waals surface area contributed by atoms with Crippen LogP contribution in [-0.4, -0.2) is 10.8 Å². The minimum atomic E-state index is 0.0529. The Kier molecular flexibility index (Phi) is 6.28. The average molecular weight is 577 g/mol. The Balaban J connectivity index is 1.55. The molecule has 33 heavy (non-hydrogen) atoms. The van der Waals surface area contributed by atoms with E-state index >= 15 is 0 Å². The van der Waals surface area contributed by atoms with Crippen LogP contribution in [0, 0.1) is 6.92 Å². The number of carbonyl (C=O) groups excluding carboxylic acids is 1. The van der Waals surface area contributed by atoms with Crippen molar-refractivity contribution in [1.29, 1.82) is 0 Å². The Bertz CT molecular complexity index is 1420. The number of ketones is 1. The maximum Gasteiger partial charge on any atom is 0.193 e. The maximum atomic E-state index is 13.5. The first kappa shape index (κ1) is 22.2. The molecule has 2 aliphatic carbocycles. The molecule has 0 unspecified atom stereocenters. The second-order valence-electron chi connectivity index (χ2n) is 7.86. The molecular weight excluding hydrogens is 558 g/mol. The molecule has 5 heteroatoms. The summed E-state index contributed by atoms with van der Waals surface area (Å²) in [6, 6.07) is 26.0. The SMILES string of the molecule is Cc1c(Cc2nc(-c3ccc(Br)cc3)cs2)c2cccccc-2c1C(=O)c1ccc(Br)cc1. The largest absolute Gasteiger partial charge is 0.289 e. The molecule has 0 amide bonds. The standard InChI is InChI=1S/C28H19Br2NOS/c1-17-24(15-26-31-25(16-33-26)18-7-11-20(29)12-8-18)22-5-3-2-4-6-23(22)27(17)28(32)19-9-13-21(30)14-10-19/h2-14,16H,15H2,1H3. The summed E-state index contributed by atoms with van der Waals surface area (Å²) in [6.07, 6.45) is 0.696. The highest BCUT2D eigenvalue weighted by Gasteiger charge is 2.25. The molecule has 0 atom stereocenters. The summed E-state index contributed by atoms with van der Waals surface area (Å²) in [5.41, 5.74) is 7.85. The smallest absolute Gasteiger partial charge is 0.193 e. The first-order valence-electron chi connectivity index (χ1n) is 10.5. The molecule has 2 aromatic carbocycles. The van der Waals surface area contributed by atoms with Crippen molar-refractivity contribution in [3.8, 4) is 22.4 Å². The third kappa shape index (κ3) is 4.45. The van der Waals surface area contributed by atoms with Gasteiger partial charge in [-0.3, -0.25) is 4.79 Å². The van der Waals surface area contributed by atoms with Crippen LogP contribution in [0.25, 0.3) is 22.4 Å². The fourth-order valence-electron chi connectivity index (χ4n) is 4.15. The average Bonchev–Trinajstić information content (AvgIpc) is 3.28. The van der Waals surface area contributed by atoms with Crippen LogP contribution in [0.1, 0.15) is 32.1 Å². The summed E-state index contributed by atoms with van der Waals surface area (Å²) >= 11 is 8.60. The van der Waals surface area contributed by atoms with Gasteiger partial charge in [0.2, 0.25) is 0 Å². The van der Waals surface area contributed by atoms with Crippen molar-refractivity contribution >= 4 is 49.0 Å². The summed E-state index contributed by atoms with van der Waals surface area (Å²) in [5.74, 6) is 0.0529. The van der Waals surface area contributed by atoms with Crippen molar-refractivity contribution in [1.82, 2.24) is 4.98 Å². The number of halogens is 2. The van der Waals surface area contributed by atoms with Crippen molar-refractivity contribution in [3.05, 3.63) is 120 Å². The zero-order valence-electron chi connectivity index (χ0n) is 17.8. The van der Waals surface area contributed by atoms with E-state index in [1.165, 1.54) is 5.56 Å². The Morgan fingerprint density at radius 1 is 0.848 bits per heavy atom. The lowest BCUT2D eigenvalue weighted by atomic mass is 9.99. The zero-order chi connectivity index (χ0) is 22.9. The van der Waals surface area contributed by atoms with Crippen LogP contribution < -0.4 is 0 Å². The summed E-state index contributed by atoms with van der Waals surface area (Å²) < 4.78 is 2.01. The Labute approximate surface area is 213 Å². The molecule has 2 nitrogen and oxygen atoms in total. The number of rotatable bonds is 5. The minimum absolute atomic E-state index is 0.0529. The van der Waals surface area contributed by atoms with Gasteiger partial charge in [0.15, 0.2) is 5.78 Å². The van der Waals surface area contributed by atoms with Crippen molar-refractivity contribution in [2.24, 2.45) is 0 Å². The number of hydrogen-bond acceptors (Lipinski definition) is 3. The van der Waals surface area contributed by atoms with E-state index in [9.17, 15) is 4.79 Å². The van der Waals surface area contributed by atoms with Crippen LogP contribution >= 0.6 is 43.2 Å². The van der Waals surface area contributed by atoms with Gasteiger partial charge in [-0.25, -0.2) is 4.98 Å². The monoisotopic (exact) mass is 575 g/mol. The van der Waals surface area contributed by atoms with Gasteiger partial charge < -0.3 is 0 Å². The maximum absolute atomic E-state index is 13.5. The molecule has 162 valence electrons. The van der Waals surface area contributed by atoms with Crippen LogP contribution in [0.5, 0.6) is 0 Å². The van der Waals surface area contributed by atoms with Gasteiger partial charge >= 0.3 is 0 Å². The topological polar surface area (TPSA) is 30.0 Å². The Hall–Kier alpha value is -2.60. The molecule has 0 saturated heterocycles. The van der Waals surface area contributed by atoms with Crippen molar-refractivity contribution in [3.63, 3.8) is 0 Å². The van der Waals surface area contributed by atoms with Crippen molar-refractivity contribution in [2.45, 2.75) is 13.3 Å². The molecule has 0 radical (unpaired) electrons. The van der Waals surface area contributed by atoms with E-state index in [4.69, 9.17) is 4.98 Å². The summed E-state index contributed by atoms with van der Waals surface area (Å²) in [7, 11) is 0. The Morgan fingerprint density at radius 2 is 1.48 bits per heavy atom. The number of benzene rings is 2. The molecule has 5 rings (SSSR count). The van der Waals surface area contributed by atoms with Crippen LogP contribution in [0.3, 0.4) is 0 Å². The van der Waals surface area contributed by atoms with Crippen LogP contribution in [0.15, 0.2) is 93.2 Å². The number of hydrogen-bond donors (Lipinski definition) is 0. The highest BCUT2D eigenvalue weighted by Crippen LogP contribution is 2.39. The molecule has 0 N–H and O–H groups in total. The molecule has 1 aromatic heterocycles. The molecule has 1 heterocycles. The minimum Gasteiger partial charge on any atom is -0.289 e. The first-order valence-corrected chi connectivity index (χ1v) is 13.0. The fourth-order valence-corrected chi connectivity index (χ4v) is 5.49. The fraction of sp³-hybridized carbons (Fsp3) is 0.0714. The van der Waals surface area contributed by atoms with E-state index < -0.39 is 0 Å². The molecular formula is C28H19Br2NOS. The predicted molar refractivity (Wildman–Crippen MR) is 143 cm³/mol. The molecule has 0 aliphatic heterocycles.